The predicted molar refractivity (Wildman–Crippen MR) is 125 cm³/mol. The van der Waals surface area contributed by atoms with Crippen molar-refractivity contribution in [3.63, 3.8) is 0 Å². The number of piperidine rings is 1. The highest BCUT2D eigenvalue weighted by atomic mass is 32.2. The molecule has 3 heterocycles. The normalized spacial score (nSPS) is 15.7. The Morgan fingerprint density at radius 3 is 2.66 bits per heavy atom. The highest BCUT2D eigenvalue weighted by molar-refractivity contribution is 7.88. The maximum absolute atomic E-state index is 13.6. The third-order valence-corrected chi connectivity index (χ3v) is 7.83. The van der Waals surface area contributed by atoms with Crippen LogP contribution in [0.1, 0.15) is 25.5 Å². The number of para-hydroxylation sites is 1. The Hall–Kier alpha value is -2.56. The second-order valence-electron chi connectivity index (χ2n) is 7.71. The van der Waals surface area contributed by atoms with Crippen LogP contribution < -0.4 is 9.64 Å². The predicted octanol–water partition coefficient (Wildman–Crippen LogP) is 3.29. The number of hydrogen-bond donors (Lipinski definition) is 0. The zero-order valence-electron chi connectivity index (χ0n) is 18.1. The summed E-state index contributed by atoms with van der Waals surface area (Å²) in [4.78, 5) is 24.4. The number of nitrogens with zero attached hydrogens (tertiary/aromatic N) is 4. The van der Waals surface area contributed by atoms with Gasteiger partial charge < -0.3 is 4.74 Å². The summed E-state index contributed by atoms with van der Waals surface area (Å²) in [5.74, 6) is 0.370. The number of aromatic nitrogens is 2. The van der Waals surface area contributed by atoms with E-state index in [2.05, 4.69) is 4.98 Å². The van der Waals surface area contributed by atoms with Gasteiger partial charge in [-0.15, -0.1) is 0 Å². The summed E-state index contributed by atoms with van der Waals surface area (Å²) in [5, 5.41) is 0.591. The van der Waals surface area contributed by atoms with Crippen molar-refractivity contribution in [1.29, 1.82) is 0 Å². The van der Waals surface area contributed by atoms with Crippen molar-refractivity contribution in [3.8, 4) is 5.75 Å². The van der Waals surface area contributed by atoms with Crippen LogP contribution in [0.5, 0.6) is 5.75 Å². The van der Waals surface area contributed by atoms with Gasteiger partial charge in [-0.3, -0.25) is 14.7 Å². The molecule has 8 nitrogen and oxygen atoms in total. The summed E-state index contributed by atoms with van der Waals surface area (Å²) in [7, 11) is -3.25. The van der Waals surface area contributed by atoms with E-state index >= 15 is 0 Å². The Balaban J connectivity index is 1.64. The van der Waals surface area contributed by atoms with Crippen LogP contribution in [0.4, 0.5) is 5.13 Å². The van der Waals surface area contributed by atoms with Crippen LogP contribution in [0.15, 0.2) is 42.6 Å². The van der Waals surface area contributed by atoms with Gasteiger partial charge >= 0.3 is 0 Å². The lowest BCUT2D eigenvalue weighted by molar-refractivity contribution is -0.123. The summed E-state index contributed by atoms with van der Waals surface area (Å²) in [6, 6.07) is 11.4. The lowest BCUT2D eigenvalue weighted by Crippen LogP contribution is -2.44. The quantitative estimate of drug-likeness (QED) is 0.522. The van der Waals surface area contributed by atoms with E-state index in [1.807, 2.05) is 43.3 Å². The number of carbonyl (C=O) groups is 1. The molecule has 0 aliphatic carbocycles. The zero-order valence-corrected chi connectivity index (χ0v) is 19.7. The Morgan fingerprint density at radius 2 is 2.00 bits per heavy atom. The van der Waals surface area contributed by atoms with Crippen LogP contribution in [0.3, 0.4) is 0 Å². The topological polar surface area (TPSA) is 92.7 Å². The highest BCUT2D eigenvalue weighted by Crippen LogP contribution is 2.36. The van der Waals surface area contributed by atoms with Crippen LogP contribution in [-0.4, -0.2) is 54.6 Å². The van der Waals surface area contributed by atoms with Gasteiger partial charge in [0, 0.05) is 25.2 Å². The molecular formula is C22H26N4O4S2. The van der Waals surface area contributed by atoms with E-state index < -0.39 is 10.0 Å². The number of amides is 1. The monoisotopic (exact) mass is 474 g/mol. The number of thiazole rings is 1. The number of carbonyl (C=O) groups excluding carboxylic acids is 1. The summed E-state index contributed by atoms with van der Waals surface area (Å²) < 4.78 is 31.8. The molecular weight excluding hydrogens is 448 g/mol. The lowest BCUT2D eigenvalue weighted by atomic mass is 9.96. The van der Waals surface area contributed by atoms with Crippen LogP contribution >= 0.6 is 11.3 Å². The van der Waals surface area contributed by atoms with Crippen molar-refractivity contribution < 1.29 is 17.9 Å². The van der Waals surface area contributed by atoms with Crippen LogP contribution in [-0.2, 0) is 21.4 Å². The lowest BCUT2D eigenvalue weighted by Gasteiger charge is -2.32. The van der Waals surface area contributed by atoms with Gasteiger partial charge in [-0.25, -0.2) is 17.7 Å². The molecule has 3 aromatic rings. The van der Waals surface area contributed by atoms with Crippen molar-refractivity contribution in [2.45, 2.75) is 26.3 Å². The average Bonchev–Trinajstić information content (AvgIpc) is 3.22. The van der Waals surface area contributed by atoms with Gasteiger partial charge in [0.05, 0.1) is 29.8 Å². The Morgan fingerprint density at radius 1 is 1.22 bits per heavy atom. The van der Waals surface area contributed by atoms with E-state index in [0.717, 1.165) is 15.9 Å². The van der Waals surface area contributed by atoms with Crippen molar-refractivity contribution in [2.24, 2.45) is 5.92 Å². The summed E-state index contributed by atoms with van der Waals surface area (Å²) in [6.07, 6.45) is 3.88. The first-order valence-corrected chi connectivity index (χ1v) is 13.2. The number of pyridine rings is 1. The number of rotatable bonds is 7. The second-order valence-corrected chi connectivity index (χ2v) is 10.7. The van der Waals surface area contributed by atoms with E-state index in [1.165, 1.54) is 21.9 Å². The molecule has 1 amide bonds. The third kappa shape index (κ3) is 4.92. The van der Waals surface area contributed by atoms with Gasteiger partial charge in [0.2, 0.25) is 15.9 Å². The SMILES string of the molecule is CCOc1cccc2sc(N(Cc3ccccn3)C(=O)C3CCN(S(C)(=O)=O)CC3)nc12. The number of ether oxygens (including phenoxy) is 1. The standard InChI is InChI=1S/C22H26N4O4S2/c1-3-30-18-8-6-9-19-20(18)24-22(31-19)26(15-17-7-4-5-12-23-17)21(27)16-10-13-25(14-11-16)32(2,28)29/h4-9,12,16H,3,10-11,13-15H2,1-2H3. The first kappa shape index (κ1) is 22.6. The van der Waals surface area contributed by atoms with E-state index in [4.69, 9.17) is 9.72 Å². The van der Waals surface area contributed by atoms with Gasteiger partial charge in [0.1, 0.15) is 11.3 Å². The van der Waals surface area contributed by atoms with Crippen molar-refractivity contribution in [1.82, 2.24) is 14.3 Å². The maximum atomic E-state index is 13.6. The summed E-state index contributed by atoms with van der Waals surface area (Å²) >= 11 is 1.44. The molecule has 170 valence electrons. The molecule has 4 rings (SSSR count). The fourth-order valence-corrected chi connectivity index (χ4v) is 5.71. The van der Waals surface area contributed by atoms with Gasteiger partial charge in [-0.05, 0) is 44.0 Å². The maximum Gasteiger partial charge on any atom is 0.232 e. The largest absolute Gasteiger partial charge is 0.492 e. The molecule has 0 spiro atoms. The third-order valence-electron chi connectivity index (χ3n) is 5.49. The molecule has 0 saturated carbocycles. The number of anilines is 1. The molecule has 0 atom stereocenters. The molecule has 0 unspecified atom stereocenters. The Labute approximate surface area is 191 Å². The molecule has 0 radical (unpaired) electrons. The molecule has 0 N–H and O–H groups in total. The van der Waals surface area contributed by atoms with Gasteiger partial charge in [0.15, 0.2) is 5.13 Å². The molecule has 32 heavy (non-hydrogen) atoms. The number of hydrogen-bond acceptors (Lipinski definition) is 7. The molecule has 0 bridgehead atoms. The molecule has 1 saturated heterocycles. The van der Waals surface area contributed by atoms with Gasteiger partial charge in [-0.1, -0.05) is 23.5 Å². The average molecular weight is 475 g/mol. The number of benzene rings is 1. The van der Waals surface area contributed by atoms with Crippen molar-refractivity contribution in [2.75, 3.05) is 30.9 Å². The summed E-state index contributed by atoms with van der Waals surface area (Å²) in [5.41, 5.74) is 1.50. The first-order valence-electron chi connectivity index (χ1n) is 10.6. The van der Waals surface area contributed by atoms with Crippen LogP contribution in [0, 0.1) is 5.92 Å². The second kappa shape index (κ2) is 9.51. The van der Waals surface area contributed by atoms with Crippen LogP contribution in [0.2, 0.25) is 0 Å². The fraction of sp³-hybridized carbons (Fsp3) is 0.409. The summed E-state index contributed by atoms with van der Waals surface area (Å²) in [6.45, 7) is 3.45. The highest BCUT2D eigenvalue weighted by Gasteiger charge is 2.33. The molecule has 10 heteroatoms. The number of fused-ring (bicyclic) bond motifs is 1. The molecule has 1 aromatic carbocycles. The van der Waals surface area contributed by atoms with Crippen LogP contribution in [0.25, 0.3) is 10.2 Å². The van der Waals surface area contributed by atoms with Gasteiger partial charge in [0.25, 0.3) is 0 Å². The zero-order chi connectivity index (χ0) is 22.7. The fourth-order valence-electron chi connectivity index (χ4n) is 3.85. The molecule has 2 aromatic heterocycles. The van der Waals surface area contributed by atoms with E-state index in [1.54, 1.807) is 11.1 Å². The minimum atomic E-state index is -3.25. The Kier molecular flexibility index (Phi) is 6.73. The van der Waals surface area contributed by atoms with Crippen molar-refractivity contribution in [3.05, 3.63) is 48.3 Å². The number of sulfonamides is 1. The Bertz CT molecular complexity index is 1190. The van der Waals surface area contributed by atoms with E-state index in [-0.39, 0.29) is 11.8 Å². The van der Waals surface area contributed by atoms with E-state index in [0.29, 0.717) is 50.0 Å². The molecule has 1 aliphatic rings. The minimum absolute atomic E-state index is 0.0548. The molecule has 1 aliphatic heterocycles. The smallest absolute Gasteiger partial charge is 0.232 e. The van der Waals surface area contributed by atoms with E-state index in [9.17, 15) is 13.2 Å². The van der Waals surface area contributed by atoms with Crippen molar-refractivity contribution >= 4 is 42.6 Å². The minimum Gasteiger partial charge on any atom is -0.492 e. The van der Waals surface area contributed by atoms with Gasteiger partial charge in [-0.2, -0.15) is 0 Å². The first-order chi connectivity index (χ1) is 15.4. The molecule has 1 fully saturated rings.